The predicted molar refractivity (Wildman–Crippen MR) is 88.0 cm³/mol. The molecule has 0 bridgehead atoms. The van der Waals surface area contributed by atoms with Gasteiger partial charge in [-0.1, -0.05) is 0 Å². The summed E-state index contributed by atoms with van der Waals surface area (Å²) in [5.41, 5.74) is 7.07. The van der Waals surface area contributed by atoms with E-state index in [1.165, 1.54) is 0 Å². The Bertz CT molecular complexity index is 554. The number of hydrogen-bond donors (Lipinski definition) is 1. The maximum atomic E-state index is 12.2. The molecule has 1 aromatic heterocycles. The number of carbonyl (C=O) groups is 1. The lowest BCUT2D eigenvalue weighted by Crippen LogP contribution is -2.55. The minimum atomic E-state index is -0.469. The van der Waals surface area contributed by atoms with Crippen molar-refractivity contribution < 1.29 is 9.53 Å². The van der Waals surface area contributed by atoms with Crippen molar-refractivity contribution in [2.24, 2.45) is 0 Å². The van der Waals surface area contributed by atoms with Crippen LogP contribution < -0.4 is 10.6 Å². The van der Waals surface area contributed by atoms with Crippen molar-refractivity contribution in [1.29, 1.82) is 0 Å². The summed E-state index contributed by atoms with van der Waals surface area (Å²) >= 11 is 0. The molecule has 2 heterocycles. The summed E-state index contributed by atoms with van der Waals surface area (Å²) in [6.07, 6.45) is 1.44. The van der Waals surface area contributed by atoms with Gasteiger partial charge in [-0.2, -0.15) is 0 Å². The molecule has 0 unspecified atom stereocenters. The van der Waals surface area contributed by atoms with Gasteiger partial charge in [0.05, 0.1) is 11.9 Å². The molecule has 22 heavy (non-hydrogen) atoms. The van der Waals surface area contributed by atoms with E-state index in [2.05, 4.69) is 9.88 Å². The van der Waals surface area contributed by atoms with E-state index in [0.717, 1.165) is 24.5 Å². The van der Waals surface area contributed by atoms with Crippen molar-refractivity contribution in [1.82, 2.24) is 9.88 Å². The zero-order chi connectivity index (χ0) is 16.5. The number of carbonyl (C=O) groups excluding carboxylic acids is 1. The van der Waals surface area contributed by atoms with E-state index in [1.807, 2.05) is 40.7 Å². The minimum absolute atomic E-state index is 0.0725. The average Bonchev–Trinajstić information content (AvgIpc) is 2.39. The van der Waals surface area contributed by atoms with Crippen LogP contribution >= 0.6 is 0 Å². The van der Waals surface area contributed by atoms with Gasteiger partial charge >= 0.3 is 6.09 Å². The molecular formula is C16H26N4O2. The quantitative estimate of drug-likeness (QED) is 0.862. The summed E-state index contributed by atoms with van der Waals surface area (Å²) in [5, 5.41) is 0. The van der Waals surface area contributed by atoms with Gasteiger partial charge < -0.3 is 20.3 Å². The molecule has 1 saturated heterocycles. The van der Waals surface area contributed by atoms with Crippen LogP contribution in [0, 0.1) is 6.92 Å². The smallest absolute Gasteiger partial charge is 0.410 e. The normalized spacial score (nSPS) is 19.2. The molecule has 6 heteroatoms. The van der Waals surface area contributed by atoms with Crippen molar-refractivity contribution in [3.63, 3.8) is 0 Å². The van der Waals surface area contributed by atoms with E-state index < -0.39 is 5.60 Å². The second-order valence-corrected chi connectivity index (χ2v) is 6.87. The van der Waals surface area contributed by atoms with E-state index in [1.54, 1.807) is 11.1 Å². The van der Waals surface area contributed by atoms with E-state index >= 15 is 0 Å². The molecular weight excluding hydrogens is 280 g/mol. The Morgan fingerprint density at radius 3 is 2.64 bits per heavy atom. The number of rotatable bonds is 1. The molecule has 0 saturated carbocycles. The Morgan fingerprint density at radius 1 is 1.41 bits per heavy atom. The van der Waals surface area contributed by atoms with Gasteiger partial charge in [0.1, 0.15) is 11.4 Å². The molecule has 1 amide bonds. The number of hydrogen-bond acceptors (Lipinski definition) is 5. The highest BCUT2D eigenvalue weighted by atomic mass is 16.6. The van der Waals surface area contributed by atoms with Crippen molar-refractivity contribution >= 4 is 17.6 Å². The van der Waals surface area contributed by atoms with Crippen molar-refractivity contribution in [3.05, 3.63) is 17.8 Å². The lowest BCUT2D eigenvalue weighted by atomic mass is 10.1. The van der Waals surface area contributed by atoms with Crippen LogP contribution in [0.5, 0.6) is 0 Å². The third-order valence-electron chi connectivity index (χ3n) is 3.72. The number of aryl methyl sites for hydroxylation is 1. The number of nitrogen functional groups attached to an aromatic ring is 1. The Kier molecular flexibility index (Phi) is 4.49. The lowest BCUT2D eigenvalue weighted by molar-refractivity contribution is 0.0158. The summed E-state index contributed by atoms with van der Waals surface area (Å²) in [6, 6.07) is 2.06. The largest absolute Gasteiger partial charge is 0.444 e. The zero-order valence-electron chi connectivity index (χ0n) is 14.1. The van der Waals surface area contributed by atoms with Gasteiger partial charge in [0.2, 0.25) is 0 Å². The molecule has 1 atom stereocenters. The summed E-state index contributed by atoms with van der Waals surface area (Å²) in [5.74, 6) is 0.905. The molecule has 1 aliphatic rings. The van der Waals surface area contributed by atoms with Gasteiger partial charge in [-0.25, -0.2) is 9.78 Å². The first kappa shape index (κ1) is 16.4. The van der Waals surface area contributed by atoms with Gasteiger partial charge in [-0.3, -0.25) is 0 Å². The highest BCUT2D eigenvalue weighted by Gasteiger charge is 2.31. The molecule has 2 rings (SSSR count). The molecule has 6 nitrogen and oxygen atoms in total. The molecule has 1 fully saturated rings. The maximum Gasteiger partial charge on any atom is 0.410 e. The fraction of sp³-hybridized carbons (Fsp3) is 0.625. The van der Waals surface area contributed by atoms with Crippen LogP contribution in [-0.4, -0.2) is 47.3 Å². The summed E-state index contributed by atoms with van der Waals surface area (Å²) in [6.45, 7) is 11.7. The number of nitrogens with two attached hydrogens (primary N) is 1. The number of anilines is 2. The number of ether oxygens (including phenoxy) is 1. The van der Waals surface area contributed by atoms with Crippen LogP contribution in [0.3, 0.4) is 0 Å². The van der Waals surface area contributed by atoms with Crippen LogP contribution in [0.1, 0.15) is 33.3 Å². The van der Waals surface area contributed by atoms with Gasteiger partial charge in [0, 0.05) is 25.7 Å². The molecule has 1 aliphatic heterocycles. The Labute approximate surface area is 132 Å². The van der Waals surface area contributed by atoms with Gasteiger partial charge in [0.15, 0.2) is 0 Å². The summed E-state index contributed by atoms with van der Waals surface area (Å²) in [4.78, 5) is 20.6. The first-order valence-electron chi connectivity index (χ1n) is 7.64. The topological polar surface area (TPSA) is 71.7 Å². The standard InChI is InChI=1S/C16H26N4O2/c1-11-8-14(18-9-13(11)17)19-6-7-20(12(2)10-19)15(21)22-16(3,4)5/h8-9,12H,6-7,10,17H2,1-5H3/t12-/m1/s1. The molecule has 0 radical (unpaired) electrons. The number of pyridine rings is 1. The summed E-state index contributed by atoms with van der Waals surface area (Å²) in [7, 11) is 0. The minimum Gasteiger partial charge on any atom is -0.444 e. The Hall–Kier alpha value is -1.98. The molecule has 0 spiro atoms. The number of amides is 1. The molecule has 2 N–H and O–H groups in total. The monoisotopic (exact) mass is 306 g/mol. The number of aromatic nitrogens is 1. The van der Waals surface area contributed by atoms with Gasteiger partial charge in [-0.05, 0) is 46.2 Å². The van der Waals surface area contributed by atoms with E-state index in [0.29, 0.717) is 12.2 Å². The second-order valence-electron chi connectivity index (χ2n) is 6.87. The average molecular weight is 306 g/mol. The zero-order valence-corrected chi connectivity index (χ0v) is 14.1. The van der Waals surface area contributed by atoms with Crippen molar-refractivity contribution in [2.75, 3.05) is 30.3 Å². The molecule has 0 aliphatic carbocycles. The lowest BCUT2D eigenvalue weighted by Gasteiger charge is -2.40. The number of piperazine rings is 1. The first-order chi connectivity index (χ1) is 10.2. The van der Waals surface area contributed by atoms with Crippen LogP contribution in [0.15, 0.2) is 12.3 Å². The maximum absolute atomic E-state index is 12.2. The third kappa shape index (κ3) is 3.81. The molecule has 1 aromatic rings. The second kappa shape index (κ2) is 6.02. The predicted octanol–water partition coefficient (Wildman–Crippen LogP) is 2.42. The third-order valence-corrected chi connectivity index (χ3v) is 3.72. The fourth-order valence-electron chi connectivity index (χ4n) is 2.48. The fourth-order valence-corrected chi connectivity index (χ4v) is 2.48. The van der Waals surface area contributed by atoms with Gasteiger partial charge in [-0.15, -0.1) is 0 Å². The summed E-state index contributed by atoms with van der Waals surface area (Å²) < 4.78 is 5.46. The molecule has 0 aromatic carbocycles. The van der Waals surface area contributed by atoms with Crippen LogP contribution in [0.4, 0.5) is 16.3 Å². The SMILES string of the molecule is Cc1cc(N2CCN(C(=O)OC(C)(C)C)[C@H](C)C2)ncc1N. The number of nitrogens with zero attached hydrogens (tertiary/aromatic N) is 3. The highest BCUT2D eigenvalue weighted by Crippen LogP contribution is 2.22. The van der Waals surface area contributed by atoms with Crippen LogP contribution in [0.2, 0.25) is 0 Å². The Morgan fingerprint density at radius 2 is 2.09 bits per heavy atom. The van der Waals surface area contributed by atoms with E-state index in [9.17, 15) is 4.79 Å². The van der Waals surface area contributed by atoms with Crippen molar-refractivity contribution in [2.45, 2.75) is 46.3 Å². The van der Waals surface area contributed by atoms with E-state index in [4.69, 9.17) is 10.5 Å². The Balaban J connectivity index is 2.03. The first-order valence-corrected chi connectivity index (χ1v) is 7.64. The highest BCUT2D eigenvalue weighted by molar-refractivity contribution is 5.69. The van der Waals surface area contributed by atoms with Crippen molar-refractivity contribution in [3.8, 4) is 0 Å². The van der Waals surface area contributed by atoms with Gasteiger partial charge in [0.25, 0.3) is 0 Å². The van der Waals surface area contributed by atoms with Crippen LogP contribution in [0.25, 0.3) is 0 Å². The molecule has 122 valence electrons. The van der Waals surface area contributed by atoms with E-state index in [-0.39, 0.29) is 12.1 Å². The van der Waals surface area contributed by atoms with Crippen LogP contribution in [-0.2, 0) is 4.74 Å².